The minimum Gasteiger partial charge on any atom is -0.394 e. The largest absolute Gasteiger partial charge is 0.394 e. The van der Waals surface area contributed by atoms with Crippen molar-refractivity contribution in [1.82, 2.24) is 5.32 Å². The van der Waals surface area contributed by atoms with Gasteiger partial charge in [-0.25, -0.2) is 0 Å². The molecule has 0 saturated heterocycles. The molecule has 396 valence electrons. The van der Waals surface area contributed by atoms with E-state index in [0.717, 1.165) is 38.5 Å². The highest BCUT2D eigenvalue weighted by Gasteiger charge is 2.18. The minimum absolute atomic E-state index is 0.0709. The van der Waals surface area contributed by atoms with Gasteiger partial charge in [-0.15, -0.1) is 0 Å². The summed E-state index contributed by atoms with van der Waals surface area (Å²) in [6.07, 6.45) is 80.5. The van der Waals surface area contributed by atoms with Gasteiger partial charge in [0.25, 0.3) is 0 Å². The summed E-state index contributed by atoms with van der Waals surface area (Å²) in [5, 5.41) is 23.2. The van der Waals surface area contributed by atoms with Crippen LogP contribution in [0.1, 0.15) is 341 Å². The van der Waals surface area contributed by atoms with E-state index in [0.29, 0.717) is 6.42 Å². The maximum Gasteiger partial charge on any atom is 0.220 e. The molecule has 0 aliphatic rings. The van der Waals surface area contributed by atoms with Crippen molar-refractivity contribution in [3.05, 3.63) is 36.5 Å². The van der Waals surface area contributed by atoms with Crippen molar-refractivity contribution in [3.8, 4) is 0 Å². The standard InChI is InChI=1S/C63H121NO3/c1-3-5-7-9-11-13-15-17-19-21-23-25-27-29-31-32-33-34-36-38-40-42-44-46-48-50-52-54-56-58-62(66)61(60-65)64-63(67)59-57-55-53-51-49-47-45-43-41-39-37-35-30-28-26-24-22-20-18-16-14-12-10-8-6-4-2/h40,42,48,50,56,58,61-62,65-66H,3-39,41,43-47,49,51-55,57,59-60H2,1-2H3,(H,64,67)/b42-40+,50-48+,58-56+. The lowest BCUT2D eigenvalue weighted by Crippen LogP contribution is -2.45. The van der Waals surface area contributed by atoms with Crippen LogP contribution in [-0.4, -0.2) is 34.9 Å². The Morgan fingerprint density at radius 1 is 0.343 bits per heavy atom. The summed E-state index contributed by atoms with van der Waals surface area (Å²) in [7, 11) is 0. The number of allylic oxidation sites excluding steroid dienone is 5. The molecule has 4 nitrogen and oxygen atoms in total. The molecule has 0 saturated carbocycles. The van der Waals surface area contributed by atoms with Gasteiger partial charge in [0, 0.05) is 6.42 Å². The summed E-state index contributed by atoms with van der Waals surface area (Å²) in [5.41, 5.74) is 0. The molecule has 0 aromatic heterocycles. The quantitative estimate of drug-likeness (QED) is 0.0420. The smallest absolute Gasteiger partial charge is 0.220 e. The molecule has 0 heterocycles. The highest BCUT2D eigenvalue weighted by molar-refractivity contribution is 5.76. The summed E-state index contributed by atoms with van der Waals surface area (Å²) in [5.74, 6) is -0.0709. The van der Waals surface area contributed by atoms with Crippen molar-refractivity contribution in [1.29, 1.82) is 0 Å². The molecule has 0 spiro atoms. The van der Waals surface area contributed by atoms with Crippen LogP contribution < -0.4 is 5.32 Å². The number of unbranched alkanes of at least 4 members (excludes halogenated alkanes) is 46. The number of hydrogen-bond donors (Lipinski definition) is 3. The van der Waals surface area contributed by atoms with Gasteiger partial charge in [-0.1, -0.05) is 326 Å². The van der Waals surface area contributed by atoms with Gasteiger partial charge in [0.15, 0.2) is 0 Å². The Morgan fingerprint density at radius 3 is 0.866 bits per heavy atom. The fourth-order valence-electron chi connectivity index (χ4n) is 9.69. The van der Waals surface area contributed by atoms with Crippen LogP contribution in [0.15, 0.2) is 36.5 Å². The normalized spacial score (nSPS) is 13.0. The van der Waals surface area contributed by atoms with Gasteiger partial charge in [0.1, 0.15) is 0 Å². The third kappa shape index (κ3) is 55.4. The summed E-state index contributed by atoms with van der Waals surface area (Å²) in [6.45, 7) is 4.34. The number of carbonyl (C=O) groups is 1. The van der Waals surface area contributed by atoms with Gasteiger partial charge in [0.2, 0.25) is 5.91 Å². The van der Waals surface area contributed by atoms with Crippen LogP contribution in [0.25, 0.3) is 0 Å². The summed E-state index contributed by atoms with van der Waals surface area (Å²) in [4.78, 5) is 12.5. The minimum atomic E-state index is -0.870. The van der Waals surface area contributed by atoms with Crippen molar-refractivity contribution >= 4 is 5.91 Å². The molecule has 0 aromatic rings. The molecule has 0 aromatic carbocycles. The van der Waals surface area contributed by atoms with E-state index in [9.17, 15) is 15.0 Å². The van der Waals surface area contributed by atoms with Gasteiger partial charge < -0.3 is 15.5 Å². The number of nitrogens with one attached hydrogen (secondary N) is 1. The fraction of sp³-hybridized carbons (Fsp3) is 0.889. The first-order valence-corrected chi connectivity index (χ1v) is 30.7. The third-order valence-corrected chi connectivity index (χ3v) is 14.4. The van der Waals surface area contributed by atoms with E-state index < -0.39 is 12.1 Å². The van der Waals surface area contributed by atoms with Gasteiger partial charge >= 0.3 is 0 Å². The number of aliphatic hydroxyl groups is 2. The molecule has 4 heteroatoms. The Hall–Kier alpha value is -1.39. The Morgan fingerprint density at radius 2 is 0.582 bits per heavy atom. The second-order valence-electron chi connectivity index (χ2n) is 21.1. The van der Waals surface area contributed by atoms with Crippen molar-refractivity contribution in [2.75, 3.05) is 6.61 Å². The number of rotatable bonds is 57. The summed E-state index contributed by atoms with van der Waals surface area (Å²) in [6, 6.07) is -0.645. The predicted molar refractivity (Wildman–Crippen MR) is 299 cm³/mol. The lowest BCUT2D eigenvalue weighted by Gasteiger charge is -2.19. The molecule has 67 heavy (non-hydrogen) atoms. The second kappa shape index (κ2) is 58.9. The molecule has 0 rings (SSSR count). The zero-order valence-electron chi connectivity index (χ0n) is 45.7. The maximum atomic E-state index is 12.5. The van der Waals surface area contributed by atoms with Crippen LogP contribution in [0.2, 0.25) is 0 Å². The zero-order chi connectivity index (χ0) is 48.5. The van der Waals surface area contributed by atoms with Gasteiger partial charge in [-0.05, 0) is 44.9 Å². The Bertz CT molecular complexity index is 1020. The van der Waals surface area contributed by atoms with Crippen LogP contribution in [0.4, 0.5) is 0 Å². The highest BCUT2D eigenvalue weighted by atomic mass is 16.3. The maximum absolute atomic E-state index is 12.5. The molecule has 0 aliphatic carbocycles. The van der Waals surface area contributed by atoms with E-state index in [1.54, 1.807) is 6.08 Å². The SMILES string of the molecule is CCCCCCCCCCCCCCCCCCCCC/C=C/CC/C=C/CC/C=C/C(O)C(CO)NC(=O)CCCCCCCCCCCCCCCCCCCCCCCCCCCC. The van der Waals surface area contributed by atoms with E-state index in [2.05, 4.69) is 43.5 Å². The van der Waals surface area contributed by atoms with Crippen molar-refractivity contribution in [2.45, 2.75) is 353 Å². The van der Waals surface area contributed by atoms with Crippen molar-refractivity contribution in [3.63, 3.8) is 0 Å². The van der Waals surface area contributed by atoms with E-state index in [1.165, 1.54) is 283 Å². The predicted octanol–water partition coefficient (Wildman–Crippen LogP) is 20.4. The van der Waals surface area contributed by atoms with Crippen LogP contribution in [0, 0.1) is 0 Å². The molecule has 0 radical (unpaired) electrons. The topological polar surface area (TPSA) is 69.6 Å². The van der Waals surface area contributed by atoms with Gasteiger partial charge in [-0.2, -0.15) is 0 Å². The van der Waals surface area contributed by atoms with Crippen molar-refractivity contribution < 1.29 is 15.0 Å². The molecule has 0 bridgehead atoms. The number of hydrogen-bond acceptors (Lipinski definition) is 3. The molecule has 3 N–H and O–H groups in total. The van der Waals surface area contributed by atoms with E-state index >= 15 is 0 Å². The van der Waals surface area contributed by atoms with Crippen LogP contribution in [0.3, 0.4) is 0 Å². The first-order valence-electron chi connectivity index (χ1n) is 30.7. The molecular weight excluding hydrogens is 819 g/mol. The van der Waals surface area contributed by atoms with Gasteiger partial charge in [0.05, 0.1) is 18.8 Å². The first-order chi connectivity index (χ1) is 33.2. The molecule has 1 amide bonds. The van der Waals surface area contributed by atoms with Crippen LogP contribution >= 0.6 is 0 Å². The number of aliphatic hydroxyl groups excluding tert-OH is 2. The Balaban J connectivity index is 3.50. The number of carbonyl (C=O) groups excluding carboxylic acids is 1. The van der Waals surface area contributed by atoms with E-state index in [4.69, 9.17) is 0 Å². The lowest BCUT2D eigenvalue weighted by molar-refractivity contribution is -0.123. The van der Waals surface area contributed by atoms with Crippen molar-refractivity contribution in [2.24, 2.45) is 0 Å². The van der Waals surface area contributed by atoms with Crippen LogP contribution in [-0.2, 0) is 4.79 Å². The fourth-order valence-corrected chi connectivity index (χ4v) is 9.69. The summed E-state index contributed by atoms with van der Waals surface area (Å²) < 4.78 is 0. The molecule has 2 unspecified atom stereocenters. The lowest BCUT2D eigenvalue weighted by atomic mass is 10.0. The Kier molecular flexibility index (Phi) is 57.7. The van der Waals surface area contributed by atoms with E-state index in [1.807, 2.05) is 6.08 Å². The summed E-state index contributed by atoms with van der Waals surface area (Å²) >= 11 is 0. The second-order valence-corrected chi connectivity index (χ2v) is 21.1. The highest BCUT2D eigenvalue weighted by Crippen LogP contribution is 2.18. The molecular formula is C63H121NO3. The van der Waals surface area contributed by atoms with E-state index in [-0.39, 0.29) is 12.5 Å². The molecule has 0 aliphatic heterocycles. The molecule has 2 atom stereocenters. The average Bonchev–Trinajstić information content (AvgIpc) is 3.33. The molecule has 0 fully saturated rings. The third-order valence-electron chi connectivity index (χ3n) is 14.4. The first kappa shape index (κ1) is 65.6. The Labute approximate surface area is 421 Å². The zero-order valence-corrected chi connectivity index (χ0v) is 45.7. The monoisotopic (exact) mass is 940 g/mol. The van der Waals surface area contributed by atoms with Gasteiger partial charge in [-0.3, -0.25) is 4.79 Å². The van der Waals surface area contributed by atoms with Crippen LogP contribution in [0.5, 0.6) is 0 Å². The number of amides is 1. The average molecular weight is 941 g/mol.